The van der Waals surface area contributed by atoms with E-state index in [1.165, 1.54) is 0 Å². The van der Waals surface area contributed by atoms with Crippen LogP contribution >= 0.6 is 24.0 Å². The average Bonchev–Trinajstić information content (AvgIpc) is 2.72. The second kappa shape index (κ2) is 14.8. The van der Waals surface area contributed by atoms with Gasteiger partial charge >= 0.3 is 0 Å². The molecule has 166 valence electrons. The summed E-state index contributed by atoms with van der Waals surface area (Å²) >= 11 is 0. The predicted octanol–water partition coefficient (Wildman–Crippen LogP) is 3.07. The SMILES string of the molecule is CCNC(=NCc1ccc(N(CC)CC)c(F)c1)NCCCN1CCOCC1.I. The van der Waals surface area contributed by atoms with Crippen molar-refractivity contribution in [1.82, 2.24) is 15.5 Å². The van der Waals surface area contributed by atoms with Crippen LogP contribution < -0.4 is 15.5 Å². The van der Waals surface area contributed by atoms with Crippen molar-refractivity contribution in [2.75, 3.05) is 63.9 Å². The fraction of sp³-hybridized carbons (Fsp3) is 0.667. The largest absolute Gasteiger partial charge is 0.379 e. The number of ether oxygens (including phenoxy) is 1. The van der Waals surface area contributed by atoms with Crippen LogP contribution in [0.1, 0.15) is 32.8 Å². The van der Waals surface area contributed by atoms with Gasteiger partial charge in [-0.3, -0.25) is 4.90 Å². The molecule has 1 aromatic rings. The molecule has 2 rings (SSSR count). The van der Waals surface area contributed by atoms with Crippen LogP contribution in [-0.2, 0) is 11.3 Å². The number of anilines is 1. The third kappa shape index (κ3) is 9.04. The van der Waals surface area contributed by atoms with Gasteiger partial charge in [-0.05, 0) is 51.4 Å². The molecule has 1 aliphatic heterocycles. The Morgan fingerprint density at radius 2 is 1.90 bits per heavy atom. The number of rotatable bonds is 10. The number of aliphatic imine (C=N–C) groups is 1. The summed E-state index contributed by atoms with van der Waals surface area (Å²) in [7, 11) is 0. The molecule has 1 aromatic carbocycles. The van der Waals surface area contributed by atoms with Crippen molar-refractivity contribution in [3.8, 4) is 0 Å². The molecular formula is C21H37FIN5O. The lowest BCUT2D eigenvalue weighted by atomic mass is 10.2. The fourth-order valence-electron chi connectivity index (χ4n) is 3.32. The molecule has 1 saturated heterocycles. The maximum Gasteiger partial charge on any atom is 0.191 e. The second-order valence-electron chi connectivity index (χ2n) is 6.89. The zero-order valence-electron chi connectivity index (χ0n) is 18.0. The van der Waals surface area contributed by atoms with Crippen molar-refractivity contribution in [3.05, 3.63) is 29.6 Å². The Bertz CT molecular complexity index is 607. The van der Waals surface area contributed by atoms with E-state index in [-0.39, 0.29) is 29.8 Å². The number of morpholine rings is 1. The van der Waals surface area contributed by atoms with Crippen molar-refractivity contribution < 1.29 is 9.13 Å². The molecule has 1 aliphatic rings. The van der Waals surface area contributed by atoms with Crippen molar-refractivity contribution in [2.24, 2.45) is 4.99 Å². The number of guanidine groups is 1. The van der Waals surface area contributed by atoms with Crippen LogP contribution in [-0.4, -0.2) is 69.9 Å². The van der Waals surface area contributed by atoms with Gasteiger partial charge < -0.3 is 20.3 Å². The van der Waals surface area contributed by atoms with E-state index >= 15 is 0 Å². The van der Waals surface area contributed by atoms with Crippen molar-refractivity contribution in [3.63, 3.8) is 0 Å². The van der Waals surface area contributed by atoms with Gasteiger partial charge in [-0.25, -0.2) is 9.38 Å². The number of hydrogen-bond acceptors (Lipinski definition) is 4. The Morgan fingerprint density at radius 3 is 2.52 bits per heavy atom. The summed E-state index contributed by atoms with van der Waals surface area (Å²) in [5.41, 5.74) is 1.53. The minimum Gasteiger partial charge on any atom is -0.379 e. The van der Waals surface area contributed by atoms with Crippen molar-refractivity contribution in [1.29, 1.82) is 0 Å². The molecule has 0 radical (unpaired) electrons. The van der Waals surface area contributed by atoms with Crippen LogP contribution in [0.4, 0.5) is 10.1 Å². The molecule has 0 aromatic heterocycles. The number of hydrogen-bond donors (Lipinski definition) is 2. The standard InChI is InChI=1S/C21H36FN5O.HI/c1-4-23-21(24-10-7-11-26-12-14-28-15-13-26)25-17-18-8-9-20(19(22)16-18)27(5-2)6-3;/h8-9,16H,4-7,10-15,17H2,1-3H3,(H2,23,24,25);1H. The molecule has 1 heterocycles. The first-order valence-corrected chi connectivity index (χ1v) is 10.5. The van der Waals surface area contributed by atoms with Gasteiger partial charge in [-0.1, -0.05) is 6.07 Å². The first-order chi connectivity index (χ1) is 13.7. The zero-order chi connectivity index (χ0) is 20.2. The predicted molar refractivity (Wildman–Crippen MR) is 130 cm³/mol. The van der Waals surface area contributed by atoms with E-state index in [2.05, 4.69) is 20.5 Å². The molecule has 0 saturated carbocycles. The highest BCUT2D eigenvalue weighted by Gasteiger charge is 2.10. The summed E-state index contributed by atoms with van der Waals surface area (Å²) in [5.74, 6) is 0.595. The lowest BCUT2D eigenvalue weighted by Gasteiger charge is -2.26. The third-order valence-electron chi connectivity index (χ3n) is 4.93. The molecule has 0 aliphatic carbocycles. The lowest BCUT2D eigenvalue weighted by Crippen LogP contribution is -2.40. The molecule has 0 amide bonds. The summed E-state index contributed by atoms with van der Waals surface area (Å²) in [5, 5.41) is 6.63. The molecule has 0 bridgehead atoms. The van der Waals surface area contributed by atoms with Gasteiger partial charge in [-0.2, -0.15) is 0 Å². The smallest absolute Gasteiger partial charge is 0.191 e. The molecule has 6 nitrogen and oxygen atoms in total. The van der Waals surface area contributed by atoms with Crippen LogP contribution in [0.25, 0.3) is 0 Å². The van der Waals surface area contributed by atoms with E-state index in [9.17, 15) is 4.39 Å². The highest BCUT2D eigenvalue weighted by Crippen LogP contribution is 2.20. The van der Waals surface area contributed by atoms with Gasteiger partial charge in [0, 0.05) is 39.3 Å². The molecule has 2 N–H and O–H groups in total. The van der Waals surface area contributed by atoms with E-state index < -0.39 is 0 Å². The molecule has 1 fully saturated rings. The maximum absolute atomic E-state index is 14.4. The van der Waals surface area contributed by atoms with Gasteiger partial charge in [-0.15, -0.1) is 24.0 Å². The first kappa shape index (κ1) is 25.9. The van der Waals surface area contributed by atoms with Crippen molar-refractivity contribution in [2.45, 2.75) is 33.7 Å². The molecule has 0 spiro atoms. The van der Waals surface area contributed by atoms with Gasteiger partial charge in [0.05, 0.1) is 25.4 Å². The minimum absolute atomic E-state index is 0. The summed E-state index contributed by atoms with van der Waals surface area (Å²) in [6.45, 7) is 14.6. The Morgan fingerprint density at radius 1 is 1.17 bits per heavy atom. The summed E-state index contributed by atoms with van der Waals surface area (Å²) in [6, 6.07) is 5.41. The molecule has 0 atom stereocenters. The van der Waals surface area contributed by atoms with Crippen LogP contribution in [0.3, 0.4) is 0 Å². The normalized spacial score (nSPS) is 15.0. The first-order valence-electron chi connectivity index (χ1n) is 10.5. The number of nitrogens with zero attached hydrogens (tertiary/aromatic N) is 3. The zero-order valence-corrected chi connectivity index (χ0v) is 20.4. The minimum atomic E-state index is -0.181. The van der Waals surface area contributed by atoms with Gasteiger partial charge in [0.2, 0.25) is 0 Å². The van der Waals surface area contributed by atoms with Crippen molar-refractivity contribution >= 4 is 35.6 Å². The van der Waals surface area contributed by atoms with E-state index in [4.69, 9.17) is 4.74 Å². The fourth-order valence-corrected chi connectivity index (χ4v) is 3.32. The van der Waals surface area contributed by atoms with Crippen LogP contribution in [0.15, 0.2) is 23.2 Å². The van der Waals surface area contributed by atoms with E-state index in [0.29, 0.717) is 12.2 Å². The van der Waals surface area contributed by atoms with Crippen LogP contribution in [0.5, 0.6) is 0 Å². The highest BCUT2D eigenvalue weighted by molar-refractivity contribution is 14.0. The Balaban J connectivity index is 0.00000420. The topological polar surface area (TPSA) is 52.1 Å². The average molecular weight is 521 g/mol. The monoisotopic (exact) mass is 521 g/mol. The molecule has 29 heavy (non-hydrogen) atoms. The van der Waals surface area contributed by atoms with E-state index in [1.54, 1.807) is 6.07 Å². The van der Waals surface area contributed by atoms with Gasteiger partial charge in [0.15, 0.2) is 5.96 Å². The van der Waals surface area contributed by atoms with Crippen LogP contribution in [0.2, 0.25) is 0 Å². The Hall–Kier alpha value is -1.13. The molecule has 8 heteroatoms. The van der Waals surface area contributed by atoms with E-state index in [0.717, 1.165) is 77.0 Å². The molecular weight excluding hydrogens is 484 g/mol. The Kier molecular flexibility index (Phi) is 13.2. The van der Waals surface area contributed by atoms with Crippen LogP contribution in [0, 0.1) is 5.82 Å². The second-order valence-corrected chi connectivity index (χ2v) is 6.89. The lowest BCUT2D eigenvalue weighted by molar-refractivity contribution is 0.0376. The number of halogens is 2. The van der Waals surface area contributed by atoms with Gasteiger partial charge in [0.25, 0.3) is 0 Å². The van der Waals surface area contributed by atoms with Gasteiger partial charge in [0.1, 0.15) is 5.82 Å². The molecule has 0 unspecified atom stereocenters. The van der Waals surface area contributed by atoms with E-state index in [1.807, 2.05) is 37.8 Å². The quantitative estimate of drug-likeness (QED) is 0.215. The maximum atomic E-state index is 14.4. The summed E-state index contributed by atoms with van der Waals surface area (Å²) in [6.07, 6.45) is 1.05. The summed E-state index contributed by atoms with van der Waals surface area (Å²) < 4.78 is 19.8. The highest BCUT2D eigenvalue weighted by atomic mass is 127. The number of nitrogens with one attached hydrogen (secondary N) is 2. The number of benzene rings is 1. The summed E-state index contributed by atoms with van der Waals surface area (Å²) in [4.78, 5) is 9.05. The third-order valence-corrected chi connectivity index (χ3v) is 4.93. The Labute approximate surface area is 192 Å².